The second kappa shape index (κ2) is 9.05. The van der Waals surface area contributed by atoms with Gasteiger partial charge in [0.1, 0.15) is 5.69 Å². The van der Waals surface area contributed by atoms with Gasteiger partial charge in [0.05, 0.1) is 39.0 Å². The number of nitrogens with zero attached hydrogens (tertiary/aromatic N) is 4. The number of nitrogens with two attached hydrogens (primary N) is 2. The highest BCUT2D eigenvalue weighted by Gasteiger charge is 2.22. The molecule has 0 spiro atoms. The Morgan fingerprint density at radius 3 is 2.84 bits per heavy atom. The van der Waals surface area contributed by atoms with Gasteiger partial charge in [-0.3, -0.25) is 14.8 Å². The van der Waals surface area contributed by atoms with E-state index < -0.39 is 5.91 Å². The van der Waals surface area contributed by atoms with Crippen molar-refractivity contribution in [3.8, 4) is 11.4 Å². The number of carbonyl (C=O) groups is 1. The summed E-state index contributed by atoms with van der Waals surface area (Å²) in [4.78, 5) is 28.0. The first-order valence-corrected chi connectivity index (χ1v) is 10.5. The predicted octanol–water partition coefficient (Wildman–Crippen LogP) is 3.61. The van der Waals surface area contributed by atoms with Crippen LogP contribution in [0.25, 0.3) is 11.4 Å². The summed E-state index contributed by atoms with van der Waals surface area (Å²) < 4.78 is 0. The first kappa shape index (κ1) is 21.3. The third kappa shape index (κ3) is 4.71. The zero-order valence-electron chi connectivity index (χ0n) is 16.6. The molecular weight excluding hydrogens is 437 g/mol. The molecule has 1 aliphatic rings. The molecule has 1 amide bonds. The summed E-state index contributed by atoms with van der Waals surface area (Å²) in [6.07, 6.45) is 6.73. The van der Waals surface area contributed by atoms with Crippen LogP contribution >= 0.6 is 23.2 Å². The van der Waals surface area contributed by atoms with E-state index in [0.29, 0.717) is 33.7 Å². The summed E-state index contributed by atoms with van der Waals surface area (Å²) in [6, 6.07) is 6.76. The van der Waals surface area contributed by atoms with Crippen LogP contribution in [-0.4, -0.2) is 40.0 Å². The van der Waals surface area contributed by atoms with Crippen LogP contribution in [0.3, 0.4) is 0 Å². The first-order chi connectivity index (χ1) is 14.9. The van der Waals surface area contributed by atoms with Crippen molar-refractivity contribution in [1.29, 1.82) is 0 Å². The highest BCUT2D eigenvalue weighted by molar-refractivity contribution is 6.36. The minimum Gasteiger partial charge on any atom is -0.397 e. The van der Waals surface area contributed by atoms with Crippen LogP contribution in [0.5, 0.6) is 0 Å². The Morgan fingerprint density at radius 1 is 1.23 bits per heavy atom. The van der Waals surface area contributed by atoms with Gasteiger partial charge in [-0.15, -0.1) is 0 Å². The number of piperidine rings is 1. The van der Waals surface area contributed by atoms with E-state index in [2.05, 4.69) is 25.2 Å². The third-order valence-electron chi connectivity index (χ3n) is 5.04. The molecule has 1 aliphatic heterocycles. The van der Waals surface area contributed by atoms with E-state index in [0.717, 1.165) is 25.1 Å². The highest BCUT2D eigenvalue weighted by atomic mass is 35.5. The molecule has 1 saturated heterocycles. The maximum Gasteiger partial charge on any atom is 0.276 e. The maximum atomic E-state index is 13.1. The minimum absolute atomic E-state index is 0.0652. The number of halogens is 2. The molecule has 4 rings (SSSR count). The Morgan fingerprint density at radius 2 is 2.06 bits per heavy atom. The van der Waals surface area contributed by atoms with Crippen molar-refractivity contribution < 1.29 is 4.79 Å². The number of nitrogen functional groups attached to an aromatic ring is 1. The van der Waals surface area contributed by atoms with Gasteiger partial charge in [0, 0.05) is 31.5 Å². The Hall–Kier alpha value is -2.94. The van der Waals surface area contributed by atoms with E-state index >= 15 is 0 Å². The molecule has 8 nitrogen and oxygen atoms in total. The molecule has 3 aromatic rings. The molecule has 31 heavy (non-hydrogen) atoms. The molecule has 0 radical (unpaired) electrons. The number of rotatable bonds is 4. The van der Waals surface area contributed by atoms with Gasteiger partial charge in [0.15, 0.2) is 5.69 Å². The summed E-state index contributed by atoms with van der Waals surface area (Å²) in [5.41, 5.74) is 14.7. The summed E-state index contributed by atoms with van der Waals surface area (Å²) in [6.45, 7) is 1.57. The lowest BCUT2D eigenvalue weighted by Gasteiger charge is -2.33. The quantitative estimate of drug-likeness (QED) is 0.546. The van der Waals surface area contributed by atoms with Crippen molar-refractivity contribution in [2.45, 2.75) is 18.9 Å². The van der Waals surface area contributed by atoms with Gasteiger partial charge in [0.2, 0.25) is 0 Å². The molecule has 10 heteroatoms. The fourth-order valence-electron chi connectivity index (χ4n) is 3.56. The molecule has 3 aromatic heterocycles. The van der Waals surface area contributed by atoms with Crippen LogP contribution < -0.4 is 21.7 Å². The van der Waals surface area contributed by atoms with Crippen LogP contribution in [0.2, 0.25) is 10.0 Å². The summed E-state index contributed by atoms with van der Waals surface area (Å²) in [5.74, 6) is -0.458. The molecular formula is C21H21Cl2N7O. The molecule has 4 heterocycles. The van der Waals surface area contributed by atoms with Crippen LogP contribution in [0.1, 0.15) is 23.3 Å². The van der Waals surface area contributed by atoms with Gasteiger partial charge in [-0.2, -0.15) is 0 Å². The summed E-state index contributed by atoms with van der Waals surface area (Å²) in [5, 5.41) is 3.61. The second-order valence-electron chi connectivity index (χ2n) is 7.31. The smallest absolute Gasteiger partial charge is 0.276 e. The van der Waals surface area contributed by atoms with Crippen LogP contribution in [0.15, 0.2) is 42.9 Å². The van der Waals surface area contributed by atoms with Crippen molar-refractivity contribution in [3.63, 3.8) is 0 Å². The lowest BCUT2D eigenvalue weighted by Crippen LogP contribution is -2.43. The zero-order valence-corrected chi connectivity index (χ0v) is 18.1. The Bertz CT molecular complexity index is 1120. The molecule has 1 unspecified atom stereocenters. The van der Waals surface area contributed by atoms with Gasteiger partial charge in [-0.05, 0) is 37.1 Å². The lowest BCUT2D eigenvalue weighted by atomic mass is 10.1. The fraction of sp³-hybridized carbons (Fsp3) is 0.238. The normalized spacial score (nSPS) is 16.2. The van der Waals surface area contributed by atoms with E-state index in [-0.39, 0.29) is 17.4 Å². The number of pyridine rings is 3. The van der Waals surface area contributed by atoms with E-state index in [1.54, 1.807) is 30.6 Å². The third-order valence-corrected chi connectivity index (χ3v) is 5.53. The molecule has 0 aliphatic carbocycles. The lowest BCUT2D eigenvalue weighted by molar-refractivity contribution is 0.102. The molecule has 0 aromatic carbocycles. The zero-order chi connectivity index (χ0) is 22.0. The number of nitrogens with one attached hydrogen (secondary N) is 1. The van der Waals surface area contributed by atoms with Gasteiger partial charge in [-0.1, -0.05) is 23.2 Å². The fourth-order valence-corrected chi connectivity index (χ4v) is 4.03. The van der Waals surface area contributed by atoms with E-state index in [1.807, 2.05) is 6.07 Å². The maximum absolute atomic E-state index is 13.1. The van der Waals surface area contributed by atoms with Crippen molar-refractivity contribution >= 4 is 46.2 Å². The number of amides is 1. The van der Waals surface area contributed by atoms with Gasteiger partial charge in [-0.25, -0.2) is 4.98 Å². The highest BCUT2D eigenvalue weighted by Crippen LogP contribution is 2.30. The number of hydrogen-bond acceptors (Lipinski definition) is 7. The molecule has 0 bridgehead atoms. The van der Waals surface area contributed by atoms with Crippen molar-refractivity contribution in [3.05, 3.63) is 58.6 Å². The molecule has 1 atom stereocenters. The molecule has 5 N–H and O–H groups in total. The van der Waals surface area contributed by atoms with Gasteiger partial charge in [0.25, 0.3) is 5.91 Å². The molecule has 0 saturated carbocycles. The summed E-state index contributed by atoms with van der Waals surface area (Å²) in [7, 11) is 0. The Balaban J connectivity index is 1.63. The van der Waals surface area contributed by atoms with E-state index in [4.69, 9.17) is 34.7 Å². The van der Waals surface area contributed by atoms with Crippen LogP contribution in [0.4, 0.5) is 17.1 Å². The predicted molar refractivity (Wildman–Crippen MR) is 124 cm³/mol. The Kier molecular flexibility index (Phi) is 6.22. The number of carbonyl (C=O) groups excluding carboxylic acids is 1. The average Bonchev–Trinajstić information content (AvgIpc) is 2.75. The van der Waals surface area contributed by atoms with Crippen LogP contribution in [-0.2, 0) is 0 Å². The first-order valence-electron chi connectivity index (χ1n) is 9.76. The van der Waals surface area contributed by atoms with E-state index in [1.165, 1.54) is 6.20 Å². The average molecular weight is 458 g/mol. The van der Waals surface area contributed by atoms with Gasteiger partial charge >= 0.3 is 0 Å². The van der Waals surface area contributed by atoms with Crippen molar-refractivity contribution in [2.24, 2.45) is 5.73 Å². The second-order valence-corrected chi connectivity index (χ2v) is 8.16. The van der Waals surface area contributed by atoms with Crippen molar-refractivity contribution in [1.82, 2.24) is 15.0 Å². The van der Waals surface area contributed by atoms with Gasteiger partial charge < -0.3 is 21.7 Å². The van der Waals surface area contributed by atoms with E-state index in [9.17, 15) is 4.79 Å². The summed E-state index contributed by atoms with van der Waals surface area (Å²) >= 11 is 12.2. The molecule has 1 fully saturated rings. The monoisotopic (exact) mass is 457 g/mol. The molecule has 160 valence electrons. The number of anilines is 3. The minimum atomic E-state index is -0.458. The largest absolute Gasteiger partial charge is 0.397 e. The SMILES string of the molecule is Nc1ccc(-c2ncc(Cl)cc2Cl)nc1C(=O)Nc1cnccc1N1CCCC(N)C1. The Labute approximate surface area is 189 Å². The standard InChI is InChI=1S/C21H21Cl2N7O/c22-12-8-14(23)19(27-9-12)16-4-3-15(25)20(28-16)21(31)29-17-10-26-6-5-18(17)30-7-1-2-13(24)11-30/h3-6,8-10,13H,1-2,7,11,24-25H2,(H,29,31). The topological polar surface area (TPSA) is 123 Å². The number of hydrogen-bond donors (Lipinski definition) is 3. The van der Waals surface area contributed by atoms with Crippen LogP contribution in [0, 0.1) is 0 Å². The van der Waals surface area contributed by atoms with Crippen molar-refractivity contribution in [2.75, 3.05) is 29.0 Å². The number of aromatic nitrogens is 3.